The van der Waals surface area contributed by atoms with E-state index in [0.717, 1.165) is 32.1 Å². The van der Waals surface area contributed by atoms with Crippen LogP contribution in [0, 0.1) is 5.82 Å². The van der Waals surface area contributed by atoms with Gasteiger partial charge in [0.15, 0.2) is 5.76 Å². The number of nitrogens with zero attached hydrogens (tertiary/aromatic N) is 1. The fourth-order valence-electron chi connectivity index (χ4n) is 3.92. The van der Waals surface area contributed by atoms with Crippen molar-refractivity contribution in [3.8, 4) is 0 Å². The van der Waals surface area contributed by atoms with E-state index >= 15 is 0 Å². The topological polar surface area (TPSA) is 91.7 Å². The normalized spacial score (nSPS) is 14.9. The van der Waals surface area contributed by atoms with Gasteiger partial charge in [-0.2, -0.15) is 0 Å². The first-order chi connectivity index (χ1) is 15.5. The third-order valence-corrected chi connectivity index (χ3v) is 5.50. The number of hydrogen-bond acceptors (Lipinski definition) is 4. The van der Waals surface area contributed by atoms with Gasteiger partial charge in [-0.3, -0.25) is 14.4 Å². The number of carbonyl (C=O) groups excluding carboxylic acids is 3. The summed E-state index contributed by atoms with van der Waals surface area (Å²) in [6.07, 6.45) is 7.68. The molecule has 1 aromatic carbocycles. The first-order valence-electron chi connectivity index (χ1n) is 10.8. The second-order valence-electron chi connectivity index (χ2n) is 7.76. The quantitative estimate of drug-likeness (QED) is 0.584. The molecule has 8 heteroatoms. The average molecular weight is 442 g/mol. The molecule has 32 heavy (non-hydrogen) atoms. The van der Waals surface area contributed by atoms with Crippen molar-refractivity contribution in [2.24, 2.45) is 0 Å². The van der Waals surface area contributed by atoms with Crippen LogP contribution < -0.4 is 10.6 Å². The van der Waals surface area contributed by atoms with Crippen LogP contribution in [0.1, 0.15) is 54.3 Å². The lowest BCUT2D eigenvalue weighted by molar-refractivity contribution is -0.140. The molecule has 1 aromatic heterocycles. The third-order valence-electron chi connectivity index (χ3n) is 5.50. The van der Waals surface area contributed by atoms with Crippen molar-refractivity contribution in [1.29, 1.82) is 0 Å². The van der Waals surface area contributed by atoms with Crippen molar-refractivity contribution in [2.75, 3.05) is 13.1 Å². The highest BCUT2D eigenvalue weighted by atomic mass is 19.1. The van der Waals surface area contributed by atoms with E-state index in [2.05, 4.69) is 17.2 Å². The average Bonchev–Trinajstić information content (AvgIpc) is 3.34. The van der Waals surface area contributed by atoms with E-state index in [4.69, 9.17) is 4.42 Å². The molecule has 170 valence electrons. The molecule has 1 atom stereocenters. The maximum atomic E-state index is 14.7. The van der Waals surface area contributed by atoms with Gasteiger partial charge in [0.1, 0.15) is 11.9 Å². The number of hydrogen-bond donors (Lipinski definition) is 2. The summed E-state index contributed by atoms with van der Waals surface area (Å²) in [7, 11) is 0. The van der Waals surface area contributed by atoms with Crippen molar-refractivity contribution in [1.82, 2.24) is 15.5 Å². The Bertz CT molecular complexity index is 938. The van der Waals surface area contributed by atoms with E-state index in [1.807, 2.05) is 0 Å². The van der Waals surface area contributed by atoms with Gasteiger partial charge in [-0.1, -0.05) is 43.5 Å². The number of furan rings is 1. The van der Waals surface area contributed by atoms with Gasteiger partial charge in [0.2, 0.25) is 11.8 Å². The summed E-state index contributed by atoms with van der Waals surface area (Å²) in [6, 6.07) is 7.73. The number of rotatable bonds is 9. The summed E-state index contributed by atoms with van der Waals surface area (Å²) < 4.78 is 19.7. The predicted molar refractivity (Wildman–Crippen MR) is 117 cm³/mol. The highest BCUT2D eigenvalue weighted by Gasteiger charge is 2.34. The van der Waals surface area contributed by atoms with E-state index in [9.17, 15) is 18.8 Å². The summed E-state index contributed by atoms with van der Waals surface area (Å²) in [5.74, 6) is -2.08. The van der Waals surface area contributed by atoms with Gasteiger partial charge in [-0.05, 0) is 31.0 Å². The monoisotopic (exact) mass is 441 g/mol. The Morgan fingerprint density at radius 2 is 1.91 bits per heavy atom. The fraction of sp³-hybridized carbons (Fsp3) is 0.375. The maximum absolute atomic E-state index is 14.7. The highest BCUT2D eigenvalue weighted by molar-refractivity contribution is 5.95. The molecule has 0 radical (unpaired) electrons. The van der Waals surface area contributed by atoms with Crippen molar-refractivity contribution in [3.63, 3.8) is 0 Å². The Kier molecular flexibility index (Phi) is 8.19. The van der Waals surface area contributed by atoms with Gasteiger partial charge in [0.25, 0.3) is 5.91 Å². The SMILES string of the molecule is C=CCN(C(=O)CNC(=O)c1ccco1)[C@H](C(=O)NC1CCCCC1)c1ccccc1F. The van der Waals surface area contributed by atoms with Crippen molar-refractivity contribution >= 4 is 17.7 Å². The van der Waals surface area contributed by atoms with E-state index in [0.29, 0.717) is 0 Å². The summed E-state index contributed by atoms with van der Waals surface area (Å²) in [5.41, 5.74) is 0.0911. The van der Waals surface area contributed by atoms with Crippen LogP contribution in [0.3, 0.4) is 0 Å². The summed E-state index contributed by atoms with van der Waals surface area (Å²) in [6.45, 7) is 3.30. The van der Waals surface area contributed by atoms with Crippen molar-refractivity contribution in [3.05, 3.63) is 72.5 Å². The summed E-state index contributed by atoms with van der Waals surface area (Å²) >= 11 is 0. The molecule has 1 heterocycles. The molecule has 0 saturated heterocycles. The smallest absolute Gasteiger partial charge is 0.287 e. The summed E-state index contributed by atoms with van der Waals surface area (Å²) in [4.78, 5) is 39.7. The number of amides is 3. The maximum Gasteiger partial charge on any atom is 0.287 e. The first-order valence-corrected chi connectivity index (χ1v) is 10.8. The molecule has 0 spiro atoms. The minimum absolute atomic E-state index is 0.00649. The molecule has 3 amide bonds. The Hall–Kier alpha value is -3.42. The zero-order valence-corrected chi connectivity index (χ0v) is 17.9. The Balaban J connectivity index is 1.82. The van der Waals surface area contributed by atoms with E-state index in [1.54, 1.807) is 12.1 Å². The Morgan fingerprint density at radius 1 is 1.16 bits per heavy atom. The van der Waals surface area contributed by atoms with Crippen LogP contribution in [-0.4, -0.2) is 41.8 Å². The van der Waals surface area contributed by atoms with E-state index in [-0.39, 0.29) is 30.5 Å². The minimum atomic E-state index is -1.19. The zero-order valence-electron chi connectivity index (χ0n) is 17.9. The Labute approximate surface area is 186 Å². The fourth-order valence-corrected chi connectivity index (χ4v) is 3.92. The molecule has 1 aliphatic carbocycles. The van der Waals surface area contributed by atoms with Crippen LogP contribution in [-0.2, 0) is 9.59 Å². The van der Waals surface area contributed by atoms with Gasteiger partial charge in [-0.15, -0.1) is 6.58 Å². The van der Waals surface area contributed by atoms with Crippen LogP contribution in [0.4, 0.5) is 4.39 Å². The number of halogens is 1. The molecule has 0 aliphatic heterocycles. The molecular formula is C24H28FN3O4. The predicted octanol–water partition coefficient (Wildman–Crippen LogP) is 3.35. The largest absolute Gasteiger partial charge is 0.459 e. The molecule has 0 bridgehead atoms. The minimum Gasteiger partial charge on any atom is -0.459 e. The van der Waals surface area contributed by atoms with Gasteiger partial charge in [0.05, 0.1) is 12.8 Å². The number of nitrogens with one attached hydrogen (secondary N) is 2. The van der Waals surface area contributed by atoms with Gasteiger partial charge in [-0.25, -0.2) is 4.39 Å². The first kappa shape index (κ1) is 23.2. The van der Waals surface area contributed by atoms with Crippen molar-refractivity contribution in [2.45, 2.75) is 44.2 Å². The molecule has 2 aromatic rings. The lowest BCUT2D eigenvalue weighted by atomic mass is 9.94. The molecule has 2 N–H and O–H groups in total. The Morgan fingerprint density at radius 3 is 2.56 bits per heavy atom. The second kappa shape index (κ2) is 11.3. The van der Waals surface area contributed by atoms with Gasteiger partial charge >= 0.3 is 0 Å². The number of benzene rings is 1. The van der Waals surface area contributed by atoms with E-state index < -0.39 is 29.6 Å². The van der Waals surface area contributed by atoms with Crippen LogP contribution in [0.15, 0.2) is 59.7 Å². The zero-order chi connectivity index (χ0) is 22.9. The van der Waals surface area contributed by atoms with Gasteiger partial charge in [0, 0.05) is 18.2 Å². The van der Waals surface area contributed by atoms with Crippen LogP contribution in [0.25, 0.3) is 0 Å². The van der Waals surface area contributed by atoms with Crippen LogP contribution >= 0.6 is 0 Å². The lowest BCUT2D eigenvalue weighted by Crippen LogP contribution is -2.49. The van der Waals surface area contributed by atoms with Crippen LogP contribution in [0.5, 0.6) is 0 Å². The molecule has 0 unspecified atom stereocenters. The summed E-state index contributed by atoms with van der Waals surface area (Å²) in [5, 5.41) is 5.47. The third kappa shape index (κ3) is 5.84. The molecule has 1 aliphatic rings. The number of carbonyl (C=O) groups is 3. The van der Waals surface area contributed by atoms with Crippen molar-refractivity contribution < 1.29 is 23.2 Å². The molecular weight excluding hydrogens is 413 g/mol. The second-order valence-corrected chi connectivity index (χ2v) is 7.76. The molecule has 1 saturated carbocycles. The lowest BCUT2D eigenvalue weighted by Gasteiger charge is -2.33. The van der Waals surface area contributed by atoms with Gasteiger partial charge < -0.3 is 20.0 Å². The van der Waals surface area contributed by atoms with Crippen LogP contribution in [0.2, 0.25) is 0 Å². The van der Waals surface area contributed by atoms with E-state index in [1.165, 1.54) is 41.5 Å². The standard InChI is InChI=1S/C24H28FN3O4/c1-2-14-28(21(29)16-26-23(30)20-13-8-15-32-20)22(18-11-6-7-12-19(18)25)24(31)27-17-9-4-3-5-10-17/h2,6-8,11-13,15,17,22H,1,3-5,9-10,14,16H2,(H,26,30)(H,27,31)/t22-/m0/s1. The molecule has 3 rings (SSSR count). The highest BCUT2D eigenvalue weighted by Crippen LogP contribution is 2.26. The molecule has 7 nitrogen and oxygen atoms in total. The molecule has 1 fully saturated rings.